The van der Waals surface area contributed by atoms with Gasteiger partial charge in [-0.2, -0.15) is 0 Å². The van der Waals surface area contributed by atoms with Crippen LogP contribution in [-0.4, -0.2) is 17.4 Å². The number of benzene rings is 1. The van der Waals surface area contributed by atoms with E-state index in [0.717, 1.165) is 44.9 Å². The maximum atomic E-state index is 13.3. The molecule has 4 aliphatic rings. The second-order valence-corrected chi connectivity index (χ2v) is 12.0. The Kier molecular flexibility index (Phi) is 5.79. The standard InChI is InChI=1S/C29H37ClO3/c1-4-14-29(33-26(32)19-5-8-21(30)9-6-19)17-13-25-23-10-7-20-18-22(31)11-15-27(20,2)24(23)12-16-28(25,29)3/h5-6,8-9,18,23-25H,4,7,10-17H2,1-3H3/t23-,24+,25+,27+,28+,29+/m1/s1. The van der Waals surface area contributed by atoms with E-state index < -0.39 is 5.60 Å². The predicted molar refractivity (Wildman–Crippen MR) is 131 cm³/mol. The Morgan fingerprint density at radius 1 is 1.03 bits per heavy atom. The Hall–Kier alpha value is -1.61. The van der Waals surface area contributed by atoms with E-state index in [1.54, 1.807) is 24.3 Å². The SMILES string of the molecule is CCC[C@]1(OC(=O)c2ccc(Cl)cc2)CC[C@H]2[C@@H]3CCC4=CC(=O)CC[C@]4(C)[C@H]3CC[C@@]21C. The maximum absolute atomic E-state index is 13.3. The van der Waals surface area contributed by atoms with Crippen LogP contribution in [0, 0.1) is 28.6 Å². The van der Waals surface area contributed by atoms with Gasteiger partial charge in [0, 0.05) is 16.9 Å². The van der Waals surface area contributed by atoms with Gasteiger partial charge >= 0.3 is 5.97 Å². The first-order valence-corrected chi connectivity index (χ1v) is 13.3. The lowest BCUT2D eigenvalue weighted by Crippen LogP contribution is -2.56. The minimum absolute atomic E-state index is 0.00826. The molecule has 1 aromatic rings. The van der Waals surface area contributed by atoms with Gasteiger partial charge in [-0.25, -0.2) is 4.79 Å². The first kappa shape index (κ1) is 23.1. The zero-order chi connectivity index (χ0) is 23.4. The number of halogens is 1. The summed E-state index contributed by atoms with van der Waals surface area (Å²) in [6, 6.07) is 7.07. The summed E-state index contributed by atoms with van der Waals surface area (Å²) in [6.45, 7) is 7.06. The summed E-state index contributed by atoms with van der Waals surface area (Å²) in [5.41, 5.74) is 1.79. The highest BCUT2D eigenvalue weighted by atomic mass is 35.5. The van der Waals surface area contributed by atoms with Gasteiger partial charge in [0.1, 0.15) is 5.60 Å². The van der Waals surface area contributed by atoms with Gasteiger partial charge in [-0.3, -0.25) is 4.79 Å². The summed E-state index contributed by atoms with van der Waals surface area (Å²) in [5, 5.41) is 0.629. The van der Waals surface area contributed by atoms with Gasteiger partial charge in [0.25, 0.3) is 0 Å². The lowest BCUT2D eigenvalue weighted by Gasteiger charge is -2.59. The van der Waals surface area contributed by atoms with Gasteiger partial charge < -0.3 is 4.74 Å². The number of carbonyl (C=O) groups excluding carboxylic acids is 2. The molecule has 5 rings (SSSR count). The molecule has 3 fully saturated rings. The van der Waals surface area contributed by atoms with Crippen LogP contribution >= 0.6 is 11.6 Å². The van der Waals surface area contributed by atoms with Gasteiger partial charge in [-0.1, -0.05) is 44.4 Å². The van der Waals surface area contributed by atoms with E-state index in [0.29, 0.717) is 40.5 Å². The minimum Gasteiger partial charge on any atom is -0.455 e. The van der Waals surface area contributed by atoms with E-state index in [2.05, 4.69) is 20.8 Å². The third-order valence-corrected chi connectivity index (χ3v) is 10.5. The summed E-state index contributed by atoms with van der Waals surface area (Å²) in [7, 11) is 0. The second-order valence-electron chi connectivity index (χ2n) is 11.6. The van der Waals surface area contributed by atoms with Crippen molar-refractivity contribution < 1.29 is 14.3 Å². The highest BCUT2D eigenvalue weighted by molar-refractivity contribution is 6.30. The average molecular weight is 469 g/mol. The third-order valence-electron chi connectivity index (χ3n) is 10.3. The molecule has 0 unspecified atom stereocenters. The number of esters is 1. The Balaban J connectivity index is 1.44. The van der Waals surface area contributed by atoms with E-state index in [4.69, 9.17) is 16.3 Å². The minimum atomic E-state index is -0.395. The molecule has 1 aromatic carbocycles. The molecular weight excluding hydrogens is 432 g/mol. The van der Waals surface area contributed by atoms with E-state index >= 15 is 0 Å². The van der Waals surface area contributed by atoms with Crippen LogP contribution in [0.5, 0.6) is 0 Å². The molecule has 4 heteroatoms. The summed E-state index contributed by atoms with van der Waals surface area (Å²) < 4.78 is 6.53. The molecule has 3 saturated carbocycles. The number of allylic oxidation sites excluding steroid dienone is 1. The molecule has 33 heavy (non-hydrogen) atoms. The molecule has 0 spiro atoms. The van der Waals surface area contributed by atoms with Crippen LogP contribution in [0.4, 0.5) is 0 Å². The van der Waals surface area contributed by atoms with Crippen molar-refractivity contribution in [2.24, 2.45) is 28.6 Å². The van der Waals surface area contributed by atoms with E-state index in [1.807, 2.05) is 6.08 Å². The summed E-state index contributed by atoms with van der Waals surface area (Å²) in [5.74, 6) is 1.99. The van der Waals surface area contributed by atoms with Crippen LogP contribution in [0.15, 0.2) is 35.9 Å². The third kappa shape index (κ3) is 3.52. The Morgan fingerprint density at radius 2 is 1.76 bits per heavy atom. The van der Waals surface area contributed by atoms with E-state index in [9.17, 15) is 9.59 Å². The van der Waals surface area contributed by atoms with Gasteiger partial charge in [-0.15, -0.1) is 0 Å². The van der Waals surface area contributed by atoms with Gasteiger partial charge in [-0.05, 0) is 105 Å². The summed E-state index contributed by atoms with van der Waals surface area (Å²) in [6.07, 6.45) is 12.2. The smallest absolute Gasteiger partial charge is 0.338 e. The molecule has 0 radical (unpaired) electrons. The van der Waals surface area contributed by atoms with Gasteiger partial charge in [0.05, 0.1) is 5.56 Å². The number of ether oxygens (including phenoxy) is 1. The molecule has 0 saturated heterocycles. The largest absolute Gasteiger partial charge is 0.455 e. The van der Waals surface area contributed by atoms with Crippen LogP contribution in [-0.2, 0) is 9.53 Å². The van der Waals surface area contributed by atoms with Gasteiger partial charge in [0.2, 0.25) is 0 Å². The number of hydrogen-bond donors (Lipinski definition) is 0. The van der Waals surface area contributed by atoms with Crippen molar-refractivity contribution in [3.63, 3.8) is 0 Å². The summed E-state index contributed by atoms with van der Waals surface area (Å²) >= 11 is 6.04. The molecule has 0 N–H and O–H groups in total. The van der Waals surface area contributed by atoms with Crippen LogP contribution in [0.25, 0.3) is 0 Å². The molecule has 0 bridgehead atoms. The van der Waals surface area contributed by atoms with Crippen LogP contribution < -0.4 is 0 Å². The molecule has 0 aliphatic heterocycles. The molecule has 0 amide bonds. The van der Waals surface area contributed by atoms with Crippen molar-refractivity contribution in [2.45, 2.75) is 90.6 Å². The van der Waals surface area contributed by atoms with Crippen LogP contribution in [0.1, 0.15) is 95.3 Å². The number of carbonyl (C=O) groups is 2. The summed E-state index contributed by atoms with van der Waals surface area (Å²) in [4.78, 5) is 25.4. The van der Waals surface area contributed by atoms with Crippen molar-refractivity contribution in [3.8, 4) is 0 Å². The first-order chi connectivity index (χ1) is 15.7. The normalized spacial score (nSPS) is 39.8. The second kappa shape index (κ2) is 8.26. The maximum Gasteiger partial charge on any atom is 0.338 e. The van der Waals surface area contributed by atoms with Crippen LogP contribution in [0.2, 0.25) is 5.02 Å². The molecule has 4 aliphatic carbocycles. The van der Waals surface area contributed by atoms with Crippen LogP contribution in [0.3, 0.4) is 0 Å². The van der Waals surface area contributed by atoms with Crippen molar-refractivity contribution >= 4 is 23.4 Å². The molecule has 0 aromatic heterocycles. The van der Waals surface area contributed by atoms with Crippen molar-refractivity contribution in [1.29, 1.82) is 0 Å². The molecule has 6 atom stereocenters. The monoisotopic (exact) mass is 468 g/mol. The number of fused-ring (bicyclic) bond motifs is 5. The zero-order valence-electron chi connectivity index (χ0n) is 20.3. The van der Waals surface area contributed by atoms with Crippen molar-refractivity contribution in [2.75, 3.05) is 0 Å². The highest BCUT2D eigenvalue weighted by Gasteiger charge is 2.65. The van der Waals surface area contributed by atoms with E-state index in [1.165, 1.54) is 18.4 Å². The first-order valence-electron chi connectivity index (χ1n) is 13.0. The average Bonchev–Trinajstić information content (AvgIpc) is 3.07. The zero-order valence-corrected chi connectivity index (χ0v) is 21.0. The quantitative estimate of drug-likeness (QED) is 0.428. The van der Waals surface area contributed by atoms with Gasteiger partial charge in [0.15, 0.2) is 5.78 Å². The fourth-order valence-electron chi connectivity index (χ4n) is 8.51. The number of ketones is 1. The topological polar surface area (TPSA) is 43.4 Å². The van der Waals surface area contributed by atoms with E-state index in [-0.39, 0.29) is 16.8 Å². The lowest BCUT2D eigenvalue weighted by molar-refractivity contribution is -0.137. The van der Waals surface area contributed by atoms with Crippen molar-refractivity contribution in [3.05, 3.63) is 46.5 Å². The Morgan fingerprint density at radius 3 is 2.48 bits per heavy atom. The molecule has 178 valence electrons. The number of rotatable bonds is 4. The number of hydrogen-bond acceptors (Lipinski definition) is 3. The molecule has 0 heterocycles. The molecule has 3 nitrogen and oxygen atoms in total. The highest BCUT2D eigenvalue weighted by Crippen LogP contribution is 2.69. The lowest BCUT2D eigenvalue weighted by atomic mass is 9.46. The fourth-order valence-corrected chi connectivity index (χ4v) is 8.63. The van der Waals surface area contributed by atoms with Crippen molar-refractivity contribution in [1.82, 2.24) is 0 Å². The Bertz CT molecular complexity index is 981. The molecular formula is C29H37ClO3. The predicted octanol–water partition coefficient (Wildman–Crippen LogP) is 7.57. The Labute approximate surface area is 203 Å². The fraction of sp³-hybridized carbons (Fsp3) is 0.655.